The molecule has 0 aliphatic heterocycles. The number of para-hydroxylation sites is 2. The lowest BCUT2D eigenvalue weighted by atomic mass is 10.1. The number of rotatable bonds is 7. The molecule has 0 fully saturated rings. The van der Waals surface area contributed by atoms with E-state index in [1.54, 1.807) is 44.6 Å². The summed E-state index contributed by atoms with van der Waals surface area (Å²) in [5, 5.41) is 10.8. The van der Waals surface area contributed by atoms with E-state index in [9.17, 15) is 4.79 Å². The number of methoxy groups -OCH3 is 2. The van der Waals surface area contributed by atoms with Crippen molar-refractivity contribution < 1.29 is 19.0 Å². The van der Waals surface area contributed by atoms with Gasteiger partial charge < -0.3 is 19.5 Å². The Morgan fingerprint density at radius 1 is 0.889 bits per heavy atom. The highest BCUT2D eigenvalue weighted by Crippen LogP contribution is 2.25. The van der Waals surface area contributed by atoms with E-state index >= 15 is 0 Å². The Kier molecular flexibility index (Phi) is 5.84. The zero-order chi connectivity index (χ0) is 19.1. The van der Waals surface area contributed by atoms with E-state index < -0.39 is 0 Å². The summed E-state index contributed by atoms with van der Waals surface area (Å²) < 4.78 is 15.7. The zero-order valence-corrected chi connectivity index (χ0v) is 15.0. The minimum atomic E-state index is -0.266. The van der Waals surface area contributed by atoms with Crippen LogP contribution in [0.5, 0.6) is 17.4 Å². The second kappa shape index (κ2) is 8.66. The summed E-state index contributed by atoms with van der Waals surface area (Å²) in [5.74, 6) is 1.29. The lowest BCUT2D eigenvalue weighted by Gasteiger charge is -2.10. The normalized spacial score (nSPS) is 10.1. The molecule has 0 aliphatic carbocycles. The van der Waals surface area contributed by atoms with Gasteiger partial charge in [-0.1, -0.05) is 24.3 Å². The molecule has 0 saturated heterocycles. The van der Waals surface area contributed by atoms with E-state index in [0.717, 1.165) is 5.56 Å². The quantitative estimate of drug-likeness (QED) is 0.692. The van der Waals surface area contributed by atoms with Crippen LogP contribution in [0, 0.1) is 0 Å². The Labute approximate surface area is 156 Å². The molecule has 7 nitrogen and oxygen atoms in total. The lowest BCUT2D eigenvalue weighted by molar-refractivity contribution is -0.118. The Morgan fingerprint density at radius 2 is 1.63 bits per heavy atom. The number of carbonyl (C=O) groups excluding carboxylic acids is 1. The highest BCUT2D eigenvalue weighted by atomic mass is 16.5. The van der Waals surface area contributed by atoms with Crippen LogP contribution in [0.1, 0.15) is 0 Å². The van der Waals surface area contributed by atoms with Crippen molar-refractivity contribution in [2.45, 2.75) is 0 Å². The summed E-state index contributed by atoms with van der Waals surface area (Å²) in [6.07, 6.45) is 0. The first kappa shape index (κ1) is 18.2. The summed E-state index contributed by atoms with van der Waals surface area (Å²) in [5.41, 5.74) is 2.26. The number of hydrogen-bond acceptors (Lipinski definition) is 6. The smallest absolute Gasteiger partial charge is 0.262 e. The third-order valence-corrected chi connectivity index (χ3v) is 3.74. The number of nitrogens with zero attached hydrogens (tertiary/aromatic N) is 2. The van der Waals surface area contributed by atoms with Crippen LogP contribution < -0.4 is 19.5 Å². The minimum Gasteiger partial charge on any atom is -0.493 e. The Morgan fingerprint density at radius 3 is 2.26 bits per heavy atom. The van der Waals surface area contributed by atoms with Gasteiger partial charge in [0.25, 0.3) is 5.91 Å². The molecule has 0 bridgehead atoms. The van der Waals surface area contributed by atoms with Crippen molar-refractivity contribution in [1.82, 2.24) is 10.2 Å². The van der Waals surface area contributed by atoms with Crippen LogP contribution in [0.3, 0.4) is 0 Å². The average Bonchev–Trinajstić information content (AvgIpc) is 2.73. The molecule has 2 aromatic carbocycles. The van der Waals surface area contributed by atoms with Crippen LogP contribution in [0.15, 0.2) is 60.7 Å². The van der Waals surface area contributed by atoms with Crippen molar-refractivity contribution in [1.29, 1.82) is 0 Å². The van der Waals surface area contributed by atoms with Gasteiger partial charge in [-0.2, -0.15) is 0 Å². The van der Waals surface area contributed by atoms with Crippen molar-refractivity contribution in [3.8, 4) is 28.6 Å². The number of nitrogens with one attached hydrogen (secondary N) is 1. The molecule has 0 spiro atoms. The Hall–Kier alpha value is -3.61. The average molecular weight is 365 g/mol. The topological polar surface area (TPSA) is 82.6 Å². The van der Waals surface area contributed by atoms with E-state index in [4.69, 9.17) is 14.2 Å². The summed E-state index contributed by atoms with van der Waals surface area (Å²) >= 11 is 0. The molecule has 0 saturated carbocycles. The van der Waals surface area contributed by atoms with Crippen LogP contribution in [0.4, 0.5) is 5.69 Å². The van der Waals surface area contributed by atoms with E-state index in [0.29, 0.717) is 28.8 Å². The molecular formula is C20H19N3O4. The van der Waals surface area contributed by atoms with Gasteiger partial charge in [0.05, 0.1) is 19.9 Å². The second-order valence-corrected chi connectivity index (χ2v) is 5.53. The van der Waals surface area contributed by atoms with Gasteiger partial charge in [-0.3, -0.25) is 4.79 Å². The van der Waals surface area contributed by atoms with E-state index in [-0.39, 0.29) is 12.5 Å². The van der Waals surface area contributed by atoms with Crippen LogP contribution >= 0.6 is 0 Å². The SMILES string of the molecule is COc1ccc(-c2ccc(NC(=O)COc3ccccc3OC)cc2)nn1. The van der Waals surface area contributed by atoms with E-state index in [1.165, 1.54) is 0 Å². The molecule has 3 aromatic rings. The molecule has 1 aromatic heterocycles. The van der Waals surface area contributed by atoms with Crippen molar-refractivity contribution in [3.05, 3.63) is 60.7 Å². The van der Waals surface area contributed by atoms with Gasteiger partial charge in [-0.05, 0) is 30.3 Å². The molecule has 0 radical (unpaired) electrons. The van der Waals surface area contributed by atoms with Crippen LogP contribution in [-0.4, -0.2) is 36.9 Å². The fourth-order valence-electron chi connectivity index (χ4n) is 2.39. The first-order valence-electron chi connectivity index (χ1n) is 8.23. The highest BCUT2D eigenvalue weighted by molar-refractivity contribution is 5.92. The molecule has 138 valence electrons. The van der Waals surface area contributed by atoms with Crippen LogP contribution in [0.2, 0.25) is 0 Å². The zero-order valence-electron chi connectivity index (χ0n) is 15.0. The maximum atomic E-state index is 12.1. The predicted molar refractivity (Wildman–Crippen MR) is 101 cm³/mol. The molecule has 0 unspecified atom stereocenters. The number of amides is 1. The van der Waals surface area contributed by atoms with Gasteiger partial charge in [0.2, 0.25) is 5.88 Å². The van der Waals surface area contributed by atoms with Gasteiger partial charge in [0, 0.05) is 17.3 Å². The molecule has 0 atom stereocenters. The monoisotopic (exact) mass is 365 g/mol. The van der Waals surface area contributed by atoms with Gasteiger partial charge in [0.1, 0.15) is 0 Å². The maximum Gasteiger partial charge on any atom is 0.262 e. The molecule has 1 heterocycles. The Bertz CT molecular complexity index is 896. The number of ether oxygens (including phenoxy) is 3. The number of hydrogen-bond donors (Lipinski definition) is 1. The number of benzene rings is 2. The van der Waals surface area contributed by atoms with Gasteiger partial charge in [-0.15, -0.1) is 10.2 Å². The van der Waals surface area contributed by atoms with Crippen molar-refractivity contribution >= 4 is 11.6 Å². The fourth-order valence-corrected chi connectivity index (χ4v) is 2.39. The Balaban J connectivity index is 1.58. The summed E-state index contributed by atoms with van der Waals surface area (Å²) in [6.45, 7) is -0.119. The lowest BCUT2D eigenvalue weighted by Crippen LogP contribution is -2.20. The largest absolute Gasteiger partial charge is 0.493 e. The molecule has 1 amide bonds. The molecular weight excluding hydrogens is 346 g/mol. The van der Waals surface area contributed by atoms with Crippen LogP contribution in [0.25, 0.3) is 11.3 Å². The molecule has 7 heteroatoms. The molecule has 3 rings (SSSR count). The van der Waals surface area contributed by atoms with Crippen molar-refractivity contribution in [2.75, 3.05) is 26.1 Å². The number of carbonyl (C=O) groups is 1. The standard InChI is InChI=1S/C20H19N3O4/c1-25-17-5-3-4-6-18(17)27-13-19(24)21-15-9-7-14(8-10-15)16-11-12-20(26-2)23-22-16/h3-12H,13H2,1-2H3,(H,21,24). The second-order valence-electron chi connectivity index (χ2n) is 5.53. The summed E-state index contributed by atoms with van der Waals surface area (Å²) in [7, 11) is 3.09. The number of anilines is 1. The third kappa shape index (κ3) is 4.72. The van der Waals surface area contributed by atoms with Gasteiger partial charge in [-0.25, -0.2) is 0 Å². The van der Waals surface area contributed by atoms with Gasteiger partial charge in [0.15, 0.2) is 18.1 Å². The molecule has 27 heavy (non-hydrogen) atoms. The third-order valence-electron chi connectivity index (χ3n) is 3.74. The fraction of sp³-hybridized carbons (Fsp3) is 0.150. The van der Waals surface area contributed by atoms with Crippen LogP contribution in [-0.2, 0) is 4.79 Å². The predicted octanol–water partition coefficient (Wildman–Crippen LogP) is 3.18. The number of aromatic nitrogens is 2. The van der Waals surface area contributed by atoms with Gasteiger partial charge >= 0.3 is 0 Å². The first-order chi connectivity index (χ1) is 13.2. The summed E-state index contributed by atoms with van der Waals surface area (Å²) in [4.78, 5) is 12.1. The van der Waals surface area contributed by atoms with Crippen molar-refractivity contribution in [2.24, 2.45) is 0 Å². The van der Waals surface area contributed by atoms with E-state index in [2.05, 4.69) is 15.5 Å². The van der Waals surface area contributed by atoms with Crippen molar-refractivity contribution in [3.63, 3.8) is 0 Å². The maximum absolute atomic E-state index is 12.1. The highest BCUT2D eigenvalue weighted by Gasteiger charge is 2.08. The van der Waals surface area contributed by atoms with E-state index in [1.807, 2.05) is 30.3 Å². The summed E-state index contributed by atoms with van der Waals surface area (Å²) in [6, 6.07) is 18.0. The first-order valence-corrected chi connectivity index (χ1v) is 8.23. The minimum absolute atomic E-state index is 0.119. The molecule has 0 aliphatic rings. The molecule has 1 N–H and O–H groups in total.